The molecule has 0 atom stereocenters. The fourth-order valence-corrected chi connectivity index (χ4v) is 4.60. The molecular formula is C21H17ClN4O3S. The normalized spacial score (nSPS) is 11.5. The first-order valence-corrected chi connectivity index (χ1v) is 10.7. The topological polar surface area (TPSA) is 109 Å². The molecule has 9 heteroatoms. The van der Waals surface area contributed by atoms with Crippen LogP contribution in [0.4, 0.5) is 11.5 Å². The number of benzene rings is 2. The molecule has 152 valence electrons. The molecule has 3 N–H and O–H groups in total. The van der Waals surface area contributed by atoms with Crippen molar-refractivity contribution in [3.63, 3.8) is 0 Å². The van der Waals surface area contributed by atoms with Gasteiger partial charge >= 0.3 is 0 Å². The van der Waals surface area contributed by atoms with E-state index in [0.29, 0.717) is 10.9 Å². The van der Waals surface area contributed by atoms with Crippen LogP contribution in [-0.2, 0) is 10.0 Å². The van der Waals surface area contributed by atoms with E-state index in [-0.39, 0.29) is 32.6 Å². The van der Waals surface area contributed by atoms with Crippen LogP contribution in [0.3, 0.4) is 0 Å². The lowest BCUT2D eigenvalue weighted by Gasteiger charge is -2.19. The Morgan fingerprint density at radius 2 is 1.80 bits per heavy atom. The number of nitrogens with one attached hydrogen (secondary N) is 1. The summed E-state index contributed by atoms with van der Waals surface area (Å²) in [7, 11) is -2.54. The Morgan fingerprint density at radius 3 is 2.53 bits per heavy atom. The molecule has 4 aromatic rings. The number of sulfonamides is 1. The number of aromatic nitrogens is 2. The molecule has 7 nitrogen and oxygen atoms in total. The van der Waals surface area contributed by atoms with Crippen molar-refractivity contribution < 1.29 is 8.42 Å². The molecule has 4 rings (SSSR count). The summed E-state index contributed by atoms with van der Waals surface area (Å²) >= 11 is 6.34. The monoisotopic (exact) mass is 440 g/mol. The van der Waals surface area contributed by atoms with Crippen LogP contribution >= 0.6 is 11.6 Å². The Bertz CT molecular complexity index is 1420. The van der Waals surface area contributed by atoms with Crippen molar-refractivity contribution >= 4 is 44.0 Å². The summed E-state index contributed by atoms with van der Waals surface area (Å²) in [6, 6.07) is 16.2. The molecule has 2 aromatic carbocycles. The van der Waals surface area contributed by atoms with E-state index in [2.05, 4.69) is 9.97 Å². The molecule has 0 saturated heterocycles. The number of nitrogens with zero attached hydrogens (tertiary/aromatic N) is 2. The summed E-state index contributed by atoms with van der Waals surface area (Å²) in [4.78, 5) is 19.6. The van der Waals surface area contributed by atoms with Crippen LogP contribution in [0.15, 0.2) is 76.6 Å². The van der Waals surface area contributed by atoms with Crippen LogP contribution in [0.5, 0.6) is 0 Å². The highest BCUT2D eigenvalue weighted by atomic mass is 35.5. The van der Waals surface area contributed by atoms with Gasteiger partial charge in [-0.25, -0.2) is 13.4 Å². The molecule has 0 bridgehead atoms. The standard InChI is InChI=1S/C21H17ClN4O3S/c1-26(18-8-4-5-11-24-18)30(28,29)13-9-10-16(22)15(12-13)19-20(23)14-6-2-3-7-17(14)25-21(19)27/h2-12H,1H3,(H3,23,25,27). The van der Waals surface area contributed by atoms with Crippen LogP contribution in [0.2, 0.25) is 5.02 Å². The third-order valence-electron chi connectivity index (χ3n) is 4.80. The van der Waals surface area contributed by atoms with Gasteiger partial charge in [-0.3, -0.25) is 9.10 Å². The second-order valence-corrected chi connectivity index (χ2v) is 8.97. The fourth-order valence-electron chi connectivity index (χ4n) is 3.21. The highest BCUT2D eigenvalue weighted by Crippen LogP contribution is 2.35. The number of pyridine rings is 2. The Morgan fingerprint density at radius 1 is 1.07 bits per heavy atom. The molecule has 2 heterocycles. The number of nitrogens with two attached hydrogens (primary N) is 1. The van der Waals surface area contributed by atoms with Crippen molar-refractivity contribution in [1.82, 2.24) is 9.97 Å². The minimum Gasteiger partial charge on any atom is -0.398 e. The second-order valence-electron chi connectivity index (χ2n) is 6.59. The van der Waals surface area contributed by atoms with Crippen LogP contribution in [-0.4, -0.2) is 25.4 Å². The number of fused-ring (bicyclic) bond motifs is 1. The van der Waals surface area contributed by atoms with Gasteiger partial charge in [-0.1, -0.05) is 35.9 Å². The van der Waals surface area contributed by atoms with Crippen LogP contribution in [0.1, 0.15) is 0 Å². The number of nitrogen functional groups attached to an aromatic ring is 1. The Labute approximate surface area is 177 Å². The third-order valence-corrected chi connectivity index (χ3v) is 6.89. The number of hydrogen-bond acceptors (Lipinski definition) is 5. The van der Waals surface area contributed by atoms with E-state index in [1.807, 2.05) is 0 Å². The molecule has 30 heavy (non-hydrogen) atoms. The van der Waals surface area contributed by atoms with Gasteiger partial charge in [0.15, 0.2) is 0 Å². The molecule has 0 radical (unpaired) electrons. The maximum atomic E-state index is 13.1. The van der Waals surface area contributed by atoms with Gasteiger partial charge in [0.05, 0.1) is 21.7 Å². The predicted molar refractivity (Wildman–Crippen MR) is 119 cm³/mol. The summed E-state index contributed by atoms with van der Waals surface area (Å²) in [5, 5.41) is 0.851. The van der Waals surface area contributed by atoms with Gasteiger partial charge in [0.2, 0.25) is 0 Å². The minimum atomic E-state index is -3.95. The number of hydrogen-bond donors (Lipinski definition) is 2. The third kappa shape index (κ3) is 3.30. The second kappa shape index (κ2) is 7.47. The summed E-state index contributed by atoms with van der Waals surface area (Å²) in [5.74, 6) is 0.261. The maximum absolute atomic E-state index is 13.1. The van der Waals surface area contributed by atoms with Gasteiger partial charge in [0, 0.05) is 29.2 Å². The van der Waals surface area contributed by atoms with Crippen molar-refractivity contribution in [2.45, 2.75) is 4.90 Å². The van der Waals surface area contributed by atoms with Crippen molar-refractivity contribution in [2.24, 2.45) is 0 Å². The van der Waals surface area contributed by atoms with Crippen molar-refractivity contribution in [3.05, 3.63) is 82.2 Å². The smallest absolute Gasteiger partial charge is 0.265 e. The highest BCUT2D eigenvalue weighted by molar-refractivity contribution is 7.92. The van der Waals surface area contributed by atoms with E-state index in [1.54, 1.807) is 42.5 Å². The number of rotatable bonds is 4. The predicted octanol–water partition coefficient (Wildman–Crippen LogP) is 3.65. The average molecular weight is 441 g/mol. The fraction of sp³-hybridized carbons (Fsp3) is 0.0476. The number of anilines is 2. The molecule has 0 fully saturated rings. The van der Waals surface area contributed by atoms with E-state index >= 15 is 0 Å². The van der Waals surface area contributed by atoms with Gasteiger partial charge in [0.1, 0.15) is 5.82 Å². The number of halogens is 1. The lowest BCUT2D eigenvalue weighted by atomic mass is 10.0. The Kier molecular flexibility index (Phi) is 4.97. The first-order chi connectivity index (χ1) is 14.3. The van der Waals surface area contributed by atoms with Crippen LogP contribution in [0, 0.1) is 0 Å². The molecule has 0 amide bonds. The lowest BCUT2D eigenvalue weighted by molar-refractivity contribution is 0.594. The van der Waals surface area contributed by atoms with E-state index in [9.17, 15) is 13.2 Å². The number of H-pyrrole nitrogens is 1. The zero-order valence-corrected chi connectivity index (χ0v) is 17.4. The van der Waals surface area contributed by atoms with Gasteiger partial charge in [-0.2, -0.15) is 0 Å². The lowest BCUT2D eigenvalue weighted by Crippen LogP contribution is -2.27. The molecule has 0 aliphatic carbocycles. The minimum absolute atomic E-state index is 0.0398. The molecule has 0 spiro atoms. The van der Waals surface area contributed by atoms with E-state index < -0.39 is 15.6 Å². The average Bonchev–Trinajstić information content (AvgIpc) is 2.75. The summed E-state index contributed by atoms with van der Waals surface area (Å²) in [5.41, 5.74) is 6.99. The SMILES string of the molecule is CN(c1ccccn1)S(=O)(=O)c1ccc(Cl)c(-c2c(N)c3ccccc3[nH]c2=O)c1. The molecule has 0 saturated carbocycles. The van der Waals surface area contributed by atoms with Gasteiger partial charge < -0.3 is 10.7 Å². The van der Waals surface area contributed by atoms with E-state index in [4.69, 9.17) is 17.3 Å². The first-order valence-electron chi connectivity index (χ1n) is 8.91. The zero-order valence-electron chi connectivity index (χ0n) is 15.8. The highest BCUT2D eigenvalue weighted by Gasteiger charge is 2.24. The summed E-state index contributed by atoms with van der Waals surface area (Å²) in [6.07, 6.45) is 1.50. The molecule has 0 aliphatic heterocycles. The zero-order chi connectivity index (χ0) is 21.5. The van der Waals surface area contributed by atoms with Crippen LogP contribution < -0.4 is 15.6 Å². The Balaban J connectivity index is 1.90. The maximum Gasteiger partial charge on any atom is 0.265 e. The number of para-hydroxylation sites is 1. The van der Waals surface area contributed by atoms with E-state index in [1.165, 1.54) is 31.4 Å². The molecule has 2 aromatic heterocycles. The van der Waals surface area contributed by atoms with Gasteiger partial charge in [-0.05, 0) is 36.4 Å². The van der Waals surface area contributed by atoms with Gasteiger partial charge in [0.25, 0.3) is 15.6 Å². The molecule has 0 aliphatic rings. The molecular weight excluding hydrogens is 424 g/mol. The van der Waals surface area contributed by atoms with Crippen molar-refractivity contribution in [1.29, 1.82) is 0 Å². The molecule has 0 unspecified atom stereocenters. The number of aromatic amines is 1. The van der Waals surface area contributed by atoms with Crippen LogP contribution in [0.25, 0.3) is 22.0 Å². The Hall–Kier alpha value is -3.36. The van der Waals surface area contributed by atoms with Crippen molar-refractivity contribution in [3.8, 4) is 11.1 Å². The van der Waals surface area contributed by atoms with Gasteiger partial charge in [-0.15, -0.1) is 0 Å². The largest absolute Gasteiger partial charge is 0.398 e. The first kappa shape index (κ1) is 19.9. The van der Waals surface area contributed by atoms with Crippen molar-refractivity contribution in [2.75, 3.05) is 17.1 Å². The summed E-state index contributed by atoms with van der Waals surface area (Å²) < 4.78 is 27.3. The van der Waals surface area contributed by atoms with E-state index in [0.717, 1.165) is 4.31 Å². The summed E-state index contributed by atoms with van der Waals surface area (Å²) in [6.45, 7) is 0. The quantitative estimate of drug-likeness (QED) is 0.503.